The molecule has 104 valence electrons. The highest BCUT2D eigenvalue weighted by atomic mass is 16.5. The van der Waals surface area contributed by atoms with Crippen molar-refractivity contribution in [1.82, 2.24) is 0 Å². The number of rotatable bonds is 6. The molecule has 1 aliphatic carbocycles. The van der Waals surface area contributed by atoms with Crippen molar-refractivity contribution in [1.29, 1.82) is 0 Å². The van der Waals surface area contributed by atoms with E-state index in [0.717, 1.165) is 25.7 Å². The van der Waals surface area contributed by atoms with E-state index in [2.05, 4.69) is 0 Å². The Balaban J connectivity index is 2.67. The minimum Gasteiger partial charge on any atom is -0.465 e. The highest BCUT2D eigenvalue weighted by Crippen LogP contribution is 2.30. The van der Waals surface area contributed by atoms with Gasteiger partial charge in [0, 0.05) is 0 Å². The summed E-state index contributed by atoms with van der Waals surface area (Å²) in [6, 6.07) is 0. The molecule has 0 aromatic heterocycles. The Labute approximate surface area is 109 Å². The Bertz CT molecular complexity index is 269. The highest BCUT2D eigenvalue weighted by molar-refractivity contribution is 5.75. The number of carbonyl (C=O) groups excluding carboxylic acids is 1. The fourth-order valence-corrected chi connectivity index (χ4v) is 2.55. The fourth-order valence-electron chi connectivity index (χ4n) is 2.55. The third-order valence-corrected chi connectivity index (χ3v) is 3.51. The first kappa shape index (κ1) is 15.2. The van der Waals surface area contributed by atoms with Crippen LogP contribution in [-0.4, -0.2) is 35.5 Å². The molecule has 2 atom stereocenters. The van der Waals surface area contributed by atoms with Gasteiger partial charge in [-0.3, -0.25) is 4.79 Å². The summed E-state index contributed by atoms with van der Waals surface area (Å²) >= 11 is 0. The van der Waals surface area contributed by atoms with Crippen LogP contribution in [0.4, 0.5) is 0 Å². The van der Waals surface area contributed by atoms with Crippen molar-refractivity contribution in [2.75, 3.05) is 13.2 Å². The van der Waals surface area contributed by atoms with Gasteiger partial charge in [-0.25, -0.2) is 0 Å². The average molecular weight is 256 g/mol. The first-order valence-corrected chi connectivity index (χ1v) is 6.83. The van der Waals surface area contributed by atoms with Crippen LogP contribution >= 0.6 is 0 Å². The topological polar surface area (TPSA) is 66.8 Å². The Kier molecular flexibility index (Phi) is 6.98. The first-order valence-electron chi connectivity index (χ1n) is 6.83. The second-order valence-corrected chi connectivity index (χ2v) is 4.78. The normalized spacial score (nSPS) is 20.8. The van der Waals surface area contributed by atoms with Crippen molar-refractivity contribution in [3.63, 3.8) is 0 Å². The van der Waals surface area contributed by atoms with E-state index in [0.29, 0.717) is 6.61 Å². The molecule has 0 radical (unpaired) electrons. The number of aliphatic hydroxyl groups excluding tert-OH is 2. The third-order valence-electron chi connectivity index (χ3n) is 3.51. The average Bonchev–Trinajstić information content (AvgIpc) is 2.40. The predicted octanol–water partition coefficient (Wildman–Crippen LogP) is 1.66. The van der Waals surface area contributed by atoms with Crippen LogP contribution in [0.1, 0.15) is 39.0 Å². The highest BCUT2D eigenvalue weighted by Gasteiger charge is 2.32. The Morgan fingerprint density at radius 2 is 2.06 bits per heavy atom. The molecule has 4 nitrogen and oxygen atoms in total. The van der Waals surface area contributed by atoms with E-state index in [9.17, 15) is 9.90 Å². The van der Waals surface area contributed by atoms with Crippen molar-refractivity contribution >= 4 is 5.97 Å². The summed E-state index contributed by atoms with van der Waals surface area (Å²) in [6.45, 7) is 1.92. The van der Waals surface area contributed by atoms with E-state index in [-0.39, 0.29) is 12.5 Å². The van der Waals surface area contributed by atoms with Crippen molar-refractivity contribution < 1.29 is 19.7 Å². The van der Waals surface area contributed by atoms with Gasteiger partial charge in [0.2, 0.25) is 0 Å². The number of esters is 1. The standard InChI is InChI=1S/C14H24O4/c1-2-18-14(17)12(9-6-10-15)13(16)11-7-4-3-5-8-11/h6,9,11-13,15-16H,2-5,7-8,10H2,1H3/b9-6+/t12-,13-/m0/s1. The molecular weight excluding hydrogens is 232 g/mol. The SMILES string of the molecule is CCOC(=O)[C@@H](/C=C/CO)[C@@H](O)C1CCCCC1. The molecule has 1 fully saturated rings. The molecule has 18 heavy (non-hydrogen) atoms. The van der Waals surface area contributed by atoms with E-state index in [1.54, 1.807) is 13.0 Å². The molecular formula is C14H24O4. The molecule has 0 aromatic carbocycles. The lowest BCUT2D eigenvalue weighted by Gasteiger charge is -2.29. The quantitative estimate of drug-likeness (QED) is 0.560. The van der Waals surface area contributed by atoms with Gasteiger partial charge in [0.25, 0.3) is 0 Å². The Morgan fingerprint density at radius 3 is 2.61 bits per heavy atom. The lowest BCUT2D eigenvalue weighted by molar-refractivity contribution is -0.151. The molecule has 0 bridgehead atoms. The van der Waals surface area contributed by atoms with Crippen molar-refractivity contribution in [2.24, 2.45) is 11.8 Å². The third kappa shape index (κ3) is 4.42. The lowest BCUT2D eigenvalue weighted by atomic mass is 9.80. The smallest absolute Gasteiger partial charge is 0.315 e. The van der Waals surface area contributed by atoms with E-state index in [1.807, 2.05) is 0 Å². The summed E-state index contributed by atoms with van der Waals surface area (Å²) in [5, 5.41) is 19.1. The molecule has 0 saturated heterocycles. The zero-order valence-electron chi connectivity index (χ0n) is 11.0. The van der Waals surface area contributed by atoms with Gasteiger partial charge in [-0.05, 0) is 25.7 Å². The van der Waals surface area contributed by atoms with Crippen LogP contribution in [0.5, 0.6) is 0 Å². The van der Waals surface area contributed by atoms with Crippen LogP contribution < -0.4 is 0 Å². The molecule has 1 rings (SSSR count). The van der Waals surface area contributed by atoms with Gasteiger partial charge < -0.3 is 14.9 Å². The van der Waals surface area contributed by atoms with Crippen LogP contribution in [0.2, 0.25) is 0 Å². The zero-order chi connectivity index (χ0) is 13.4. The van der Waals surface area contributed by atoms with Crippen LogP contribution in [-0.2, 0) is 9.53 Å². The molecule has 0 spiro atoms. The fraction of sp³-hybridized carbons (Fsp3) is 0.786. The van der Waals surface area contributed by atoms with Gasteiger partial charge in [0.1, 0.15) is 5.92 Å². The molecule has 0 unspecified atom stereocenters. The van der Waals surface area contributed by atoms with Gasteiger partial charge in [-0.2, -0.15) is 0 Å². The summed E-state index contributed by atoms with van der Waals surface area (Å²) in [5.74, 6) is -0.892. The second kappa shape index (κ2) is 8.27. The van der Waals surface area contributed by atoms with Crippen molar-refractivity contribution in [2.45, 2.75) is 45.1 Å². The molecule has 0 heterocycles. The number of carbonyl (C=O) groups is 1. The number of ether oxygens (including phenoxy) is 1. The van der Waals surface area contributed by atoms with Crippen LogP contribution in [0, 0.1) is 11.8 Å². The van der Waals surface area contributed by atoms with Crippen molar-refractivity contribution in [3.05, 3.63) is 12.2 Å². The predicted molar refractivity (Wildman–Crippen MR) is 68.9 cm³/mol. The summed E-state index contributed by atoms with van der Waals surface area (Å²) < 4.78 is 4.98. The van der Waals surface area contributed by atoms with E-state index < -0.39 is 18.0 Å². The molecule has 0 aliphatic heterocycles. The monoisotopic (exact) mass is 256 g/mol. The Hall–Kier alpha value is -0.870. The van der Waals surface area contributed by atoms with Gasteiger partial charge in [-0.15, -0.1) is 0 Å². The zero-order valence-corrected chi connectivity index (χ0v) is 11.0. The summed E-state index contributed by atoms with van der Waals surface area (Å²) in [4.78, 5) is 11.8. The molecule has 4 heteroatoms. The number of aliphatic hydroxyl groups is 2. The molecule has 1 saturated carbocycles. The van der Waals surface area contributed by atoms with Crippen molar-refractivity contribution in [3.8, 4) is 0 Å². The second-order valence-electron chi connectivity index (χ2n) is 4.78. The number of hydrogen-bond acceptors (Lipinski definition) is 4. The number of hydrogen-bond donors (Lipinski definition) is 2. The van der Waals surface area contributed by atoms with Crippen LogP contribution in [0.3, 0.4) is 0 Å². The van der Waals surface area contributed by atoms with E-state index >= 15 is 0 Å². The maximum absolute atomic E-state index is 11.8. The molecule has 1 aliphatic rings. The van der Waals surface area contributed by atoms with Gasteiger partial charge in [0.05, 0.1) is 19.3 Å². The molecule has 0 aromatic rings. The van der Waals surface area contributed by atoms with E-state index in [1.165, 1.54) is 12.5 Å². The summed E-state index contributed by atoms with van der Waals surface area (Å²) in [5.41, 5.74) is 0. The van der Waals surface area contributed by atoms with Crippen LogP contribution in [0.25, 0.3) is 0 Å². The lowest BCUT2D eigenvalue weighted by Crippen LogP contribution is -2.35. The maximum Gasteiger partial charge on any atom is 0.315 e. The minimum atomic E-state index is -0.702. The first-order chi connectivity index (χ1) is 8.70. The molecule has 2 N–H and O–H groups in total. The van der Waals surface area contributed by atoms with E-state index in [4.69, 9.17) is 9.84 Å². The Morgan fingerprint density at radius 1 is 1.39 bits per heavy atom. The van der Waals surface area contributed by atoms with Gasteiger partial charge in [-0.1, -0.05) is 31.4 Å². The van der Waals surface area contributed by atoms with Crippen LogP contribution in [0.15, 0.2) is 12.2 Å². The maximum atomic E-state index is 11.8. The van der Waals surface area contributed by atoms with Gasteiger partial charge in [0.15, 0.2) is 0 Å². The summed E-state index contributed by atoms with van der Waals surface area (Å²) in [7, 11) is 0. The summed E-state index contributed by atoms with van der Waals surface area (Å²) in [6.07, 6.45) is 7.72. The van der Waals surface area contributed by atoms with Gasteiger partial charge >= 0.3 is 5.97 Å². The minimum absolute atomic E-state index is 0.132. The molecule has 0 amide bonds. The largest absolute Gasteiger partial charge is 0.465 e.